The van der Waals surface area contributed by atoms with Gasteiger partial charge in [0.05, 0.1) is 25.2 Å². The van der Waals surface area contributed by atoms with E-state index in [0.717, 1.165) is 12.8 Å². The van der Waals surface area contributed by atoms with Gasteiger partial charge in [-0.05, 0) is 25.0 Å². The van der Waals surface area contributed by atoms with Gasteiger partial charge in [0.25, 0.3) is 0 Å². The highest BCUT2D eigenvalue weighted by Gasteiger charge is 2.41. The van der Waals surface area contributed by atoms with Crippen molar-refractivity contribution >= 4 is 21.7 Å². The number of ether oxygens (including phenoxy) is 2. The largest absolute Gasteiger partial charge is 0.497 e. The Kier molecular flexibility index (Phi) is 5.05. The summed E-state index contributed by atoms with van der Waals surface area (Å²) in [4.78, 5) is 14.1. The predicted octanol–water partition coefficient (Wildman–Crippen LogP) is 1.35. The molecule has 1 saturated carbocycles. The summed E-state index contributed by atoms with van der Waals surface area (Å²) in [5.74, 6) is 1.14. The molecule has 1 aliphatic heterocycles. The molecule has 2 fully saturated rings. The van der Waals surface area contributed by atoms with Crippen LogP contribution >= 0.6 is 0 Å². The SMILES string of the molecule is COc1ccc(NC(=O)N2CCN(S(=O)(=O)C3CC3)CC2)c(OC)c1. The first-order chi connectivity index (χ1) is 12.0. The lowest BCUT2D eigenvalue weighted by Crippen LogP contribution is -2.52. The van der Waals surface area contributed by atoms with Crippen molar-refractivity contribution in [2.75, 3.05) is 45.7 Å². The number of benzene rings is 1. The zero-order chi connectivity index (χ0) is 18.0. The second-order valence-electron chi connectivity index (χ2n) is 6.13. The van der Waals surface area contributed by atoms with Crippen molar-refractivity contribution in [3.63, 3.8) is 0 Å². The molecule has 0 atom stereocenters. The van der Waals surface area contributed by atoms with Gasteiger partial charge in [-0.1, -0.05) is 0 Å². The number of carbonyl (C=O) groups is 1. The zero-order valence-corrected chi connectivity index (χ0v) is 15.2. The number of methoxy groups -OCH3 is 2. The number of amides is 2. The summed E-state index contributed by atoms with van der Waals surface area (Å²) in [6.07, 6.45) is 1.50. The van der Waals surface area contributed by atoms with Crippen molar-refractivity contribution in [1.29, 1.82) is 0 Å². The maximum absolute atomic E-state index is 12.5. The zero-order valence-electron chi connectivity index (χ0n) is 14.4. The van der Waals surface area contributed by atoms with Crippen LogP contribution in [0.1, 0.15) is 12.8 Å². The molecule has 1 saturated heterocycles. The Morgan fingerprint density at radius 1 is 1.12 bits per heavy atom. The highest BCUT2D eigenvalue weighted by atomic mass is 32.2. The number of hydrogen-bond acceptors (Lipinski definition) is 5. The molecule has 9 heteroatoms. The molecule has 1 aromatic carbocycles. The van der Waals surface area contributed by atoms with Gasteiger partial charge in [0.1, 0.15) is 11.5 Å². The highest BCUT2D eigenvalue weighted by Crippen LogP contribution is 2.32. The molecule has 0 bridgehead atoms. The van der Waals surface area contributed by atoms with Gasteiger partial charge in [-0.3, -0.25) is 0 Å². The minimum Gasteiger partial charge on any atom is -0.497 e. The summed E-state index contributed by atoms with van der Waals surface area (Å²) < 4.78 is 36.4. The summed E-state index contributed by atoms with van der Waals surface area (Å²) in [7, 11) is -0.0966. The normalized spacial score (nSPS) is 18.7. The van der Waals surface area contributed by atoms with Gasteiger partial charge in [-0.15, -0.1) is 0 Å². The van der Waals surface area contributed by atoms with Crippen LogP contribution in [0.4, 0.5) is 10.5 Å². The van der Waals surface area contributed by atoms with Gasteiger partial charge >= 0.3 is 6.03 Å². The van der Waals surface area contributed by atoms with Crippen molar-refractivity contribution in [2.24, 2.45) is 0 Å². The maximum atomic E-state index is 12.5. The second kappa shape index (κ2) is 7.09. The Balaban J connectivity index is 1.60. The van der Waals surface area contributed by atoms with E-state index in [0.29, 0.717) is 43.4 Å². The second-order valence-corrected chi connectivity index (χ2v) is 8.34. The van der Waals surface area contributed by atoms with E-state index in [4.69, 9.17) is 9.47 Å². The van der Waals surface area contributed by atoms with Gasteiger partial charge < -0.3 is 19.7 Å². The lowest BCUT2D eigenvalue weighted by Gasteiger charge is -2.34. The number of sulfonamides is 1. The first-order valence-electron chi connectivity index (χ1n) is 8.22. The summed E-state index contributed by atoms with van der Waals surface area (Å²) in [6.45, 7) is 1.42. The van der Waals surface area contributed by atoms with E-state index in [9.17, 15) is 13.2 Å². The van der Waals surface area contributed by atoms with E-state index in [1.54, 1.807) is 30.2 Å². The number of hydrogen-bond donors (Lipinski definition) is 1. The van der Waals surface area contributed by atoms with Crippen LogP contribution in [0.25, 0.3) is 0 Å². The van der Waals surface area contributed by atoms with Crippen LogP contribution in [0.3, 0.4) is 0 Å². The molecule has 1 N–H and O–H groups in total. The summed E-state index contributed by atoms with van der Waals surface area (Å²) >= 11 is 0. The third kappa shape index (κ3) is 3.82. The van der Waals surface area contributed by atoms with Crippen LogP contribution in [0.15, 0.2) is 18.2 Å². The van der Waals surface area contributed by atoms with Crippen molar-refractivity contribution in [2.45, 2.75) is 18.1 Å². The van der Waals surface area contributed by atoms with Crippen LogP contribution in [0.2, 0.25) is 0 Å². The molecule has 8 nitrogen and oxygen atoms in total. The quantitative estimate of drug-likeness (QED) is 0.846. The van der Waals surface area contributed by atoms with Crippen molar-refractivity contribution in [3.05, 3.63) is 18.2 Å². The molecule has 3 rings (SSSR count). The molecular weight excluding hydrogens is 346 g/mol. The number of rotatable bonds is 5. The molecular formula is C16H23N3O5S. The molecule has 1 aromatic rings. The fourth-order valence-corrected chi connectivity index (χ4v) is 4.64. The van der Waals surface area contributed by atoms with Crippen molar-refractivity contribution in [1.82, 2.24) is 9.21 Å². The number of urea groups is 1. The fraction of sp³-hybridized carbons (Fsp3) is 0.562. The smallest absolute Gasteiger partial charge is 0.322 e. The molecule has 0 radical (unpaired) electrons. The first-order valence-corrected chi connectivity index (χ1v) is 9.73. The monoisotopic (exact) mass is 369 g/mol. The first kappa shape index (κ1) is 17.8. The summed E-state index contributed by atoms with van der Waals surface area (Å²) in [6, 6.07) is 4.86. The molecule has 0 unspecified atom stereocenters. The van der Waals surface area contributed by atoms with Crippen molar-refractivity contribution < 1.29 is 22.7 Å². The molecule has 0 aromatic heterocycles. The number of carbonyl (C=O) groups excluding carboxylic acids is 1. The Hall–Kier alpha value is -2.00. The average Bonchev–Trinajstić information content (AvgIpc) is 3.47. The molecule has 25 heavy (non-hydrogen) atoms. The van der Waals surface area contributed by atoms with Crippen LogP contribution in [-0.2, 0) is 10.0 Å². The third-order valence-electron chi connectivity index (χ3n) is 4.48. The van der Waals surface area contributed by atoms with Crippen molar-refractivity contribution in [3.8, 4) is 11.5 Å². The molecule has 1 heterocycles. The minimum absolute atomic E-state index is 0.212. The van der Waals surface area contributed by atoms with Gasteiger partial charge in [-0.2, -0.15) is 4.31 Å². The lowest BCUT2D eigenvalue weighted by molar-refractivity contribution is 0.184. The fourth-order valence-electron chi connectivity index (χ4n) is 2.82. The minimum atomic E-state index is -3.17. The molecule has 138 valence electrons. The summed E-state index contributed by atoms with van der Waals surface area (Å²) in [5.41, 5.74) is 0.543. The summed E-state index contributed by atoms with van der Waals surface area (Å²) in [5, 5.41) is 2.60. The van der Waals surface area contributed by atoms with E-state index in [1.165, 1.54) is 11.4 Å². The van der Waals surface area contributed by atoms with E-state index in [2.05, 4.69) is 5.32 Å². The Morgan fingerprint density at radius 3 is 2.36 bits per heavy atom. The standard InChI is InChI=1S/C16H23N3O5S/c1-23-12-3-6-14(15(11-12)24-2)17-16(20)18-7-9-19(10-8-18)25(21,22)13-4-5-13/h3,6,11,13H,4-5,7-10H2,1-2H3,(H,17,20). The molecule has 0 spiro atoms. The molecule has 2 amide bonds. The van der Waals surface area contributed by atoms with Crippen LogP contribution in [-0.4, -0.2) is 69.3 Å². The Morgan fingerprint density at radius 2 is 1.80 bits per heavy atom. The predicted molar refractivity (Wildman–Crippen MR) is 93.7 cm³/mol. The number of nitrogens with zero attached hydrogens (tertiary/aromatic N) is 2. The van der Waals surface area contributed by atoms with E-state index in [-0.39, 0.29) is 11.3 Å². The number of nitrogens with one attached hydrogen (secondary N) is 1. The molecule has 1 aliphatic carbocycles. The number of anilines is 1. The van der Waals surface area contributed by atoms with Gasteiger partial charge in [0.15, 0.2) is 0 Å². The van der Waals surface area contributed by atoms with E-state index >= 15 is 0 Å². The lowest BCUT2D eigenvalue weighted by atomic mass is 10.2. The Bertz CT molecular complexity index is 740. The third-order valence-corrected chi connectivity index (χ3v) is 6.88. The Labute approximate surface area is 147 Å². The van der Waals surface area contributed by atoms with Crippen LogP contribution in [0, 0.1) is 0 Å². The maximum Gasteiger partial charge on any atom is 0.322 e. The van der Waals surface area contributed by atoms with Crippen LogP contribution < -0.4 is 14.8 Å². The van der Waals surface area contributed by atoms with E-state index < -0.39 is 10.0 Å². The van der Waals surface area contributed by atoms with Crippen LogP contribution in [0.5, 0.6) is 11.5 Å². The van der Waals surface area contributed by atoms with Gasteiger partial charge in [-0.25, -0.2) is 13.2 Å². The molecule has 2 aliphatic rings. The van der Waals surface area contributed by atoms with Gasteiger partial charge in [0.2, 0.25) is 10.0 Å². The van der Waals surface area contributed by atoms with Gasteiger partial charge in [0, 0.05) is 32.2 Å². The topological polar surface area (TPSA) is 88.2 Å². The number of piperazine rings is 1. The highest BCUT2D eigenvalue weighted by molar-refractivity contribution is 7.90. The van der Waals surface area contributed by atoms with E-state index in [1.807, 2.05) is 0 Å². The average molecular weight is 369 g/mol.